The van der Waals surface area contributed by atoms with Gasteiger partial charge in [-0.15, -0.1) is 0 Å². The summed E-state index contributed by atoms with van der Waals surface area (Å²) in [6, 6.07) is 6.77. The molecule has 0 atom stereocenters. The Bertz CT molecular complexity index is 339. The Hall–Kier alpha value is -0.317. The van der Waals surface area contributed by atoms with Crippen molar-refractivity contribution in [3.05, 3.63) is 29.3 Å². The van der Waals surface area contributed by atoms with Gasteiger partial charge in [0.05, 0.1) is 0 Å². The van der Waals surface area contributed by atoms with E-state index in [9.17, 15) is 0 Å². The molecule has 0 aromatic heterocycles. The normalized spacial score (nSPS) is 11.5. The fraction of sp³-hybridized carbons (Fsp3) is 0.625. The van der Waals surface area contributed by atoms with Crippen molar-refractivity contribution in [3.8, 4) is 0 Å². The molecule has 3 radical (unpaired) electrons. The molecular formula is C16H27GeN2. The number of rotatable bonds is 8. The molecule has 0 unspecified atom stereocenters. The summed E-state index contributed by atoms with van der Waals surface area (Å²) < 4.78 is 1.47. The Morgan fingerprint density at radius 2 is 1.16 bits per heavy atom. The first-order valence-corrected chi connectivity index (χ1v) is 8.48. The Kier molecular flexibility index (Phi) is 7.73. The molecular weight excluding hydrogens is 293 g/mol. The molecule has 0 spiro atoms. The van der Waals surface area contributed by atoms with Crippen LogP contribution in [0.2, 0.25) is 0 Å². The molecule has 0 heterocycles. The summed E-state index contributed by atoms with van der Waals surface area (Å²) in [4.78, 5) is 4.95. The summed E-state index contributed by atoms with van der Waals surface area (Å²) >= 11 is 2.28. The van der Waals surface area contributed by atoms with Crippen molar-refractivity contribution in [3.63, 3.8) is 0 Å². The fourth-order valence-corrected chi connectivity index (χ4v) is 2.97. The third-order valence-corrected chi connectivity index (χ3v) is 5.16. The van der Waals surface area contributed by atoms with Crippen LogP contribution in [0.25, 0.3) is 0 Å². The van der Waals surface area contributed by atoms with Gasteiger partial charge in [0.1, 0.15) is 0 Å². The molecule has 1 aromatic carbocycles. The summed E-state index contributed by atoms with van der Waals surface area (Å²) in [7, 11) is 0. The quantitative estimate of drug-likeness (QED) is 0.678. The predicted octanol–water partition coefficient (Wildman–Crippen LogP) is 2.16. The minimum atomic E-state index is 1.07. The molecule has 0 aliphatic carbocycles. The van der Waals surface area contributed by atoms with Gasteiger partial charge in [0.15, 0.2) is 0 Å². The minimum absolute atomic E-state index is 1.07. The number of hydrogen-bond acceptors (Lipinski definition) is 2. The molecule has 19 heavy (non-hydrogen) atoms. The average molecular weight is 320 g/mol. The summed E-state index contributed by atoms with van der Waals surface area (Å²) in [6.07, 6.45) is 0. The monoisotopic (exact) mass is 321 g/mol. The van der Waals surface area contributed by atoms with Gasteiger partial charge in [-0.05, 0) is 0 Å². The molecule has 0 aliphatic heterocycles. The summed E-state index contributed by atoms with van der Waals surface area (Å²) in [5, 5.41) is 0. The Morgan fingerprint density at radius 1 is 0.789 bits per heavy atom. The van der Waals surface area contributed by atoms with Gasteiger partial charge in [0.2, 0.25) is 0 Å². The SMILES string of the molecule is CCN(CC)Cc1cccc(CN(CC)CC)[c]1[Ge]. The van der Waals surface area contributed by atoms with Crippen LogP contribution in [0.1, 0.15) is 38.8 Å². The van der Waals surface area contributed by atoms with Crippen LogP contribution in [0.3, 0.4) is 0 Å². The molecule has 0 amide bonds. The van der Waals surface area contributed by atoms with E-state index in [0.717, 1.165) is 39.3 Å². The van der Waals surface area contributed by atoms with E-state index in [1.54, 1.807) is 0 Å². The van der Waals surface area contributed by atoms with E-state index in [1.807, 2.05) is 0 Å². The van der Waals surface area contributed by atoms with E-state index in [2.05, 4.69) is 72.2 Å². The van der Waals surface area contributed by atoms with Crippen molar-refractivity contribution in [2.24, 2.45) is 0 Å². The van der Waals surface area contributed by atoms with Crippen LogP contribution >= 0.6 is 0 Å². The van der Waals surface area contributed by atoms with Gasteiger partial charge in [-0.25, -0.2) is 0 Å². The van der Waals surface area contributed by atoms with Crippen molar-refractivity contribution in [2.45, 2.75) is 40.8 Å². The molecule has 1 aromatic rings. The molecule has 0 aliphatic rings. The average Bonchev–Trinajstić information content (AvgIpc) is 2.45. The Morgan fingerprint density at radius 3 is 1.47 bits per heavy atom. The molecule has 1 rings (SSSR count). The van der Waals surface area contributed by atoms with Crippen LogP contribution in [0.4, 0.5) is 0 Å². The first-order valence-electron chi connectivity index (χ1n) is 7.43. The fourth-order valence-electron chi connectivity index (χ4n) is 2.29. The maximum atomic E-state index is 2.48. The van der Waals surface area contributed by atoms with Crippen LogP contribution in [-0.2, 0) is 13.1 Å². The maximum absolute atomic E-state index is 2.48. The van der Waals surface area contributed by atoms with Gasteiger partial charge < -0.3 is 0 Å². The molecule has 0 N–H and O–H groups in total. The summed E-state index contributed by atoms with van der Waals surface area (Å²) in [5.74, 6) is 0. The first kappa shape index (κ1) is 16.7. The van der Waals surface area contributed by atoms with Crippen molar-refractivity contribution in [1.82, 2.24) is 9.80 Å². The van der Waals surface area contributed by atoms with Crippen LogP contribution in [0.15, 0.2) is 18.2 Å². The Balaban J connectivity index is 2.85. The van der Waals surface area contributed by atoms with Crippen LogP contribution in [0, 0.1) is 0 Å². The van der Waals surface area contributed by atoms with E-state index in [0.29, 0.717) is 0 Å². The van der Waals surface area contributed by atoms with Gasteiger partial charge in [-0.1, -0.05) is 0 Å². The standard InChI is InChI=1S/C16H27GeN2/c1-5-18(6-2)12-14-10-9-11-15(16(14)17)13-19(7-3)8-4/h9-11H,5-8,12-13H2,1-4H3. The summed E-state index contributed by atoms with van der Waals surface area (Å²) in [6.45, 7) is 15.6. The van der Waals surface area contributed by atoms with Gasteiger partial charge in [-0.2, -0.15) is 0 Å². The van der Waals surface area contributed by atoms with Crippen LogP contribution in [-0.4, -0.2) is 52.5 Å². The van der Waals surface area contributed by atoms with Gasteiger partial charge in [0.25, 0.3) is 0 Å². The second-order valence-electron chi connectivity index (χ2n) is 4.87. The number of hydrogen-bond donors (Lipinski definition) is 0. The van der Waals surface area contributed by atoms with E-state index >= 15 is 0 Å². The van der Waals surface area contributed by atoms with Gasteiger partial charge in [0, 0.05) is 0 Å². The first-order chi connectivity index (χ1) is 9.15. The number of nitrogens with zero attached hydrogens (tertiary/aromatic N) is 2. The zero-order valence-electron chi connectivity index (χ0n) is 12.9. The van der Waals surface area contributed by atoms with Crippen molar-refractivity contribution in [2.75, 3.05) is 26.2 Å². The second kappa shape index (κ2) is 8.77. The molecule has 0 bridgehead atoms. The molecule has 0 fully saturated rings. The van der Waals surface area contributed by atoms with Crippen molar-refractivity contribution in [1.29, 1.82) is 0 Å². The number of benzene rings is 1. The third-order valence-electron chi connectivity index (χ3n) is 3.81. The van der Waals surface area contributed by atoms with E-state index in [4.69, 9.17) is 0 Å². The van der Waals surface area contributed by atoms with Crippen LogP contribution < -0.4 is 4.40 Å². The van der Waals surface area contributed by atoms with Gasteiger partial charge >= 0.3 is 127 Å². The van der Waals surface area contributed by atoms with Crippen molar-refractivity contribution >= 4 is 20.9 Å². The summed E-state index contributed by atoms with van der Waals surface area (Å²) in [5.41, 5.74) is 2.96. The van der Waals surface area contributed by atoms with Crippen LogP contribution in [0.5, 0.6) is 0 Å². The molecule has 0 saturated heterocycles. The van der Waals surface area contributed by atoms with E-state index in [1.165, 1.54) is 15.5 Å². The van der Waals surface area contributed by atoms with Gasteiger partial charge in [-0.3, -0.25) is 0 Å². The molecule has 3 heteroatoms. The predicted molar refractivity (Wildman–Crippen MR) is 85.1 cm³/mol. The molecule has 2 nitrogen and oxygen atoms in total. The zero-order valence-corrected chi connectivity index (χ0v) is 15.0. The topological polar surface area (TPSA) is 6.48 Å². The zero-order chi connectivity index (χ0) is 14.3. The molecule has 105 valence electrons. The Labute approximate surface area is 127 Å². The second-order valence-corrected chi connectivity index (χ2v) is 5.92. The van der Waals surface area contributed by atoms with E-state index in [-0.39, 0.29) is 0 Å². The van der Waals surface area contributed by atoms with Crippen molar-refractivity contribution < 1.29 is 0 Å². The molecule has 0 saturated carbocycles. The van der Waals surface area contributed by atoms with E-state index < -0.39 is 0 Å². The third kappa shape index (κ3) is 4.94.